The zero-order valence-corrected chi connectivity index (χ0v) is 14.9. The fraction of sp³-hybridized carbons (Fsp3) is 0.333. The molecule has 1 atom stereocenters. The third-order valence-corrected chi connectivity index (χ3v) is 4.19. The van der Waals surface area contributed by atoms with Gasteiger partial charge in [-0.15, -0.1) is 5.10 Å². The van der Waals surface area contributed by atoms with E-state index in [1.54, 1.807) is 11.8 Å². The molecule has 130 valence electrons. The minimum Gasteiger partial charge on any atom is -0.380 e. The average Bonchev–Trinajstić information content (AvgIpc) is 3.03. The molecular weight excluding hydrogens is 316 g/mol. The molecule has 3 rings (SSSR count). The molecule has 1 aromatic carbocycles. The molecule has 2 aromatic heterocycles. The second kappa shape index (κ2) is 7.40. The normalized spacial score (nSPS) is 12.2. The van der Waals surface area contributed by atoms with Gasteiger partial charge in [0.25, 0.3) is 0 Å². The molecule has 7 nitrogen and oxygen atoms in total. The Kier molecular flexibility index (Phi) is 5.04. The molecule has 7 heteroatoms. The topological polar surface area (TPSA) is 77.8 Å². The second-order valence-corrected chi connectivity index (χ2v) is 6.04. The minimum atomic E-state index is -0.180. The van der Waals surface area contributed by atoms with Gasteiger partial charge in [0, 0.05) is 19.9 Å². The van der Waals surface area contributed by atoms with Crippen LogP contribution >= 0.6 is 0 Å². The predicted octanol–water partition coefficient (Wildman–Crippen LogP) is 2.57. The van der Waals surface area contributed by atoms with E-state index in [-0.39, 0.29) is 6.04 Å². The predicted molar refractivity (Wildman–Crippen MR) is 95.1 cm³/mol. The van der Waals surface area contributed by atoms with Gasteiger partial charge in [-0.25, -0.2) is 4.68 Å². The molecule has 0 aliphatic heterocycles. The second-order valence-electron chi connectivity index (χ2n) is 6.04. The van der Waals surface area contributed by atoms with Gasteiger partial charge < -0.3 is 10.1 Å². The maximum atomic E-state index is 5.18. The first kappa shape index (κ1) is 17.0. The van der Waals surface area contributed by atoms with E-state index in [0.29, 0.717) is 6.61 Å². The third-order valence-electron chi connectivity index (χ3n) is 4.19. The zero-order valence-electron chi connectivity index (χ0n) is 14.9. The number of tetrazole rings is 1. The number of pyridine rings is 1. The van der Waals surface area contributed by atoms with Crippen LogP contribution in [0.4, 0.5) is 5.69 Å². The van der Waals surface area contributed by atoms with E-state index in [1.165, 1.54) is 0 Å². The number of anilines is 1. The van der Waals surface area contributed by atoms with Crippen LogP contribution in [0.25, 0.3) is 0 Å². The summed E-state index contributed by atoms with van der Waals surface area (Å²) in [6.45, 7) is 4.63. The molecule has 0 fully saturated rings. The Labute approximate surface area is 147 Å². The van der Waals surface area contributed by atoms with Crippen LogP contribution in [0.15, 0.2) is 36.5 Å². The maximum absolute atomic E-state index is 5.18. The van der Waals surface area contributed by atoms with E-state index in [1.807, 2.05) is 27.1 Å². The van der Waals surface area contributed by atoms with Gasteiger partial charge in [0.1, 0.15) is 6.04 Å². The van der Waals surface area contributed by atoms with Gasteiger partial charge in [-0.05, 0) is 47.0 Å². The summed E-state index contributed by atoms with van der Waals surface area (Å²) in [7, 11) is 3.53. The first-order valence-corrected chi connectivity index (χ1v) is 8.08. The van der Waals surface area contributed by atoms with Gasteiger partial charge in [0.05, 0.1) is 18.5 Å². The van der Waals surface area contributed by atoms with Crippen LogP contribution in [0.1, 0.15) is 34.3 Å². The largest absolute Gasteiger partial charge is 0.380 e. The van der Waals surface area contributed by atoms with Crippen molar-refractivity contribution in [1.29, 1.82) is 0 Å². The van der Waals surface area contributed by atoms with Crippen LogP contribution < -0.4 is 5.32 Å². The molecule has 0 amide bonds. The van der Waals surface area contributed by atoms with Crippen LogP contribution in [-0.2, 0) is 18.4 Å². The maximum Gasteiger partial charge on any atom is 0.177 e. The molecule has 1 unspecified atom stereocenters. The lowest BCUT2D eigenvalue weighted by atomic mass is 10.0. The highest BCUT2D eigenvalue weighted by atomic mass is 16.5. The summed E-state index contributed by atoms with van der Waals surface area (Å²) in [5, 5.41) is 15.4. The Morgan fingerprint density at radius 3 is 2.56 bits per heavy atom. The lowest BCUT2D eigenvalue weighted by molar-refractivity contribution is 0.185. The molecule has 2 heterocycles. The number of hydrogen-bond donors (Lipinski definition) is 1. The van der Waals surface area contributed by atoms with Crippen LogP contribution in [0.5, 0.6) is 0 Å². The number of benzene rings is 1. The standard InChI is InChI=1S/C18H22N6O/c1-12-9-16(10-19-13(12)2)20-17(18-21-22-23-24(18)3)15-7-5-14(6-8-15)11-25-4/h5-10,17,20H,11H2,1-4H3. The van der Waals surface area contributed by atoms with Crippen molar-refractivity contribution in [2.45, 2.75) is 26.5 Å². The van der Waals surface area contributed by atoms with Crippen molar-refractivity contribution in [1.82, 2.24) is 25.2 Å². The first-order valence-electron chi connectivity index (χ1n) is 8.08. The Balaban J connectivity index is 1.95. The molecular formula is C18H22N6O. The monoisotopic (exact) mass is 338 g/mol. The quantitative estimate of drug-likeness (QED) is 0.744. The summed E-state index contributed by atoms with van der Waals surface area (Å²) >= 11 is 0. The van der Waals surface area contributed by atoms with Gasteiger partial charge >= 0.3 is 0 Å². The Morgan fingerprint density at radius 2 is 1.96 bits per heavy atom. The highest BCUT2D eigenvalue weighted by molar-refractivity contribution is 5.48. The van der Waals surface area contributed by atoms with Crippen LogP contribution in [0.2, 0.25) is 0 Å². The van der Waals surface area contributed by atoms with Crippen molar-refractivity contribution in [2.75, 3.05) is 12.4 Å². The summed E-state index contributed by atoms with van der Waals surface area (Å²) in [6.07, 6.45) is 1.83. The minimum absolute atomic E-state index is 0.180. The van der Waals surface area contributed by atoms with E-state index >= 15 is 0 Å². The summed E-state index contributed by atoms with van der Waals surface area (Å²) in [4.78, 5) is 4.43. The van der Waals surface area contributed by atoms with Gasteiger partial charge in [-0.1, -0.05) is 24.3 Å². The van der Waals surface area contributed by atoms with Crippen LogP contribution in [0, 0.1) is 13.8 Å². The number of aryl methyl sites for hydroxylation is 3. The van der Waals surface area contributed by atoms with Gasteiger partial charge in [-0.3, -0.25) is 4.98 Å². The van der Waals surface area contributed by atoms with Gasteiger partial charge in [0.2, 0.25) is 0 Å². The van der Waals surface area contributed by atoms with E-state index in [4.69, 9.17) is 4.74 Å². The Bertz CT molecular complexity index is 843. The summed E-state index contributed by atoms with van der Waals surface area (Å²) in [5.74, 6) is 0.734. The van der Waals surface area contributed by atoms with E-state index in [9.17, 15) is 0 Å². The highest BCUT2D eigenvalue weighted by Gasteiger charge is 2.20. The van der Waals surface area contributed by atoms with Crippen LogP contribution in [0.3, 0.4) is 0 Å². The lowest BCUT2D eigenvalue weighted by Crippen LogP contribution is -2.17. The molecule has 25 heavy (non-hydrogen) atoms. The molecule has 0 saturated heterocycles. The molecule has 3 aromatic rings. The Morgan fingerprint density at radius 1 is 1.20 bits per heavy atom. The van der Waals surface area contributed by atoms with Crippen molar-refractivity contribution in [3.8, 4) is 0 Å². The SMILES string of the molecule is COCc1ccc(C(Nc2cnc(C)c(C)c2)c2nnnn2C)cc1. The highest BCUT2D eigenvalue weighted by Crippen LogP contribution is 2.25. The smallest absolute Gasteiger partial charge is 0.177 e. The zero-order chi connectivity index (χ0) is 17.8. The summed E-state index contributed by atoms with van der Waals surface area (Å²) in [6, 6.07) is 10.1. The molecule has 0 aliphatic rings. The summed E-state index contributed by atoms with van der Waals surface area (Å²) < 4.78 is 6.86. The fourth-order valence-electron chi connectivity index (χ4n) is 2.64. The molecule has 1 N–H and O–H groups in total. The number of ether oxygens (including phenoxy) is 1. The molecule has 0 saturated carbocycles. The third kappa shape index (κ3) is 3.83. The van der Waals surface area contributed by atoms with E-state index < -0.39 is 0 Å². The number of hydrogen-bond acceptors (Lipinski definition) is 6. The average molecular weight is 338 g/mol. The molecule has 0 aliphatic carbocycles. The van der Waals surface area contributed by atoms with E-state index in [2.05, 4.69) is 56.2 Å². The fourth-order valence-corrected chi connectivity index (χ4v) is 2.64. The number of nitrogens with one attached hydrogen (secondary N) is 1. The van der Waals surface area contributed by atoms with Crippen LogP contribution in [-0.4, -0.2) is 32.3 Å². The molecule has 0 radical (unpaired) electrons. The van der Waals surface area contributed by atoms with Crippen molar-refractivity contribution >= 4 is 5.69 Å². The van der Waals surface area contributed by atoms with Crippen molar-refractivity contribution in [3.63, 3.8) is 0 Å². The Hall–Kier alpha value is -2.80. The van der Waals surface area contributed by atoms with Crippen molar-refractivity contribution in [3.05, 3.63) is 64.7 Å². The van der Waals surface area contributed by atoms with E-state index in [0.717, 1.165) is 33.9 Å². The first-order chi connectivity index (χ1) is 12.1. The number of rotatable bonds is 6. The summed E-state index contributed by atoms with van der Waals surface area (Å²) in [5.41, 5.74) is 5.27. The van der Waals surface area contributed by atoms with Gasteiger partial charge in [0.15, 0.2) is 5.82 Å². The molecule has 0 spiro atoms. The van der Waals surface area contributed by atoms with Crippen molar-refractivity contribution < 1.29 is 4.74 Å². The van der Waals surface area contributed by atoms with Crippen molar-refractivity contribution in [2.24, 2.45) is 7.05 Å². The number of aromatic nitrogens is 5. The van der Waals surface area contributed by atoms with Gasteiger partial charge in [-0.2, -0.15) is 0 Å². The number of nitrogens with zero attached hydrogens (tertiary/aromatic N) is 5. The number of methoxy groups -OCH3 is 1. The molecule has 0 bridgehead atoms. The lowest BCUT2D eigenvalue weighted by Gasteiger charge is -2.19.